The van der Waals surface area contributed by atoms with Gasteiger partial charge in [-0.05, 0) is 49.9 Å². The molecule has 2 aromatic heterocycles. The van der Waals surface area contributed by atoms with Gasteiger partial charge in [-0.3, -0.25) is 4.79 Å². The molecule has 0 saturated heterocycles. The largest absolute Gasteiger partial charge is 0.326 e. The molecule has 0 aliphatic carbocycles. The highest BCUT2D eigenvalue weighted by Crippen LogP contribution is 2.41. The van der Waals surface area contributed by atoms with Crippen LogP contribution in [0.2, 0.25) is 0 Å². The van der Waals surface area contributed by atoms with Gasteiger partial charge in [0.25, 0.3) is 0 Å². The van der Waals surface area contributed by atoms with Crippen molar-refractivity contribution in [2.45, 2.75) is 51.6 Å². The molecule has 4 aromatic rings. The van der Waals surface area contributed by atoms with E-state index in [1.807, 2.05) is 48.2 Å². The highest BCUT2D eigenvalue weighted by atomic mass is 16.2. The van der Waals surface area contributed by atoms with Gasteiger partial charge in [0.2, 0.25) is 5.91 Å². The summed E-state index contributed by atoms with van der Waals surface area (Å²) in [6, 6.07) is 16.2. The van der Waals surface area contributed by atoms with Gasteiger partial charge in [-0.15, -0.1) is 16.8 Å². The molecule has 0 fully saturated rings. The number of aryl methyl sites for hydroxylation is 2. The normalized spacial score (nSPS) is 15.4. The summed E-state index contributed by atoms with van der Waals surface area (Å²) >= 11 is 0. The average molecular weight is 442 g/mol. The van der Waals surface area contributed by atoms with Crippen LogP contribution in [0.4, 0.5) is 5.69 Å². The first-order valence-electron chi connectivity index (χ1n) is 11.3. The van der Waals surface area contributed by atoms with E-state index in [9.17, 15) is 4.79 Å². The van der Waals surface area contributed by atoms with Gasteiger partial charge in [0.05, 0.1) is 23.5 Å². The Morgan fingerprint density at radius 1 is 1.15 bits per heavy atom. The van der Waals surface area contributed by atoms with Crippen molar-refractivity contribution >= 4 is 22.6 Å². The maximum Gasteiger partial charge on any atom is 0.235 e. The van der Waals surface area contributed by atoms with Gasteiger partial charge in [0.1, 0.15) is 5.82 Å². The van der Waals surface area contributed by atoms with Crippen LogP contribution in [0.1, 0.15) is 49.3 Å². The Morgan fingerprint density at radius 2 is 1.97 bits per heavy atom. The highest BCUT2D eigenvalue weighted by molar-refractivity contribution is 6.04. The SMILES string of the molecule is C=C(C)CCC1C(=O)N(Cc2nc3ccccc3n2CCCc2nn[nH]n2)c2ccccc21. The van der Waals surface area contributed by atoms with E-state index in [0.717, 1.165) is 65.9 Å². The van der Waals surface area contributed by atoms with Crippen LogP contribution in [0, 0.1) is 0 Å². The molecule has 1 atom stereocenters. The zero-order valence-corrected chi connectivity index (χ0v) is 18.7. The third-order valence-corrected chi connectivity index (χ3v) is 6.23. The zero-order valence-electron chi connectivity index (χ0n) is 18.7. The lowest BCUT2D eigenvalue weighted by Gasteiger charge is -2.19. The molecular formula is C25H27N7O. The number of nitrogens with one attached hydrogen (secondary N) is 1. The lowest BCUT2D eigenvalue weighted by Crippen LogP contribution is -2.29. The first-order chi connectivity index (χ1) is 16.1. The van der Waals surface area contributed by atoms with Crippen molar-refractivity contribution in [1.82, 2.24) is 30.2 Å². The number of aromatic nitrogens is 6. The Labute approximate surface area is 192 Å². The van der Waals surface area contributed by atoms with Crippen LogP contribution in [-0.2, 0) is 24.3 Å². The molecule has 168 valence electrons. The zero-order chi connectivity index (χ0) is 22.8. The molecule has 2 aromatic carbocycles. The summed E-state index contributed by atoms with van der Waals surface area (Å²) in [7, 11) is 0. The minimum Gasteiger partial charge on any atom is -0.326 e. The number of hydrogen-bond donors (Lipinski definition) is 1. The van der Waals surface area contributed by atoms with E-state index in [1.54, 1.807) is 0 Å². The van der Waals surface area contributed by atoms with Crippen molar-refractivity contribution in [2.75, 3.05) is 4.90 Å². The third kappa shape index (κ3) is 4.16. The molecule has 0 saturated carbocycles. The molecule has 8 heteroatoms. The molecule has 1 aliphatic rings. The Bertz CT molecular complexity index is 1290. The fraction of sp³-hybridized carbons (Fsp3) is 0.320. The third-order valence-electron chi connectivity index (χ3n) is 6.23. The number of hydrogen-bond acceptors (Lipinski definition) is 5. The molecule has 8 nitrogen and oxygen atoms in total. The number of tetrazole rings is 1. The first kappa shape index (κ1) is 21.1. The molecule has 5 rings (SSSR count). The van der Waals surface area contributed by atoms with Crippen molar-refractivity contribution in [3.05, 3.63) is 77.9 Å². The number of rotatable bonds is 9. The molecule has 0 bridgehead atoms. The number of aromatic amines is 1. The summed E-state index contributed by atoms with van der Waals surface area (Å²) in [5.41, 5.74) is 5.19. The predicted octanol–water partition coefficient (Wildman–Crippen LogP) is 4.17. The maximum atomic E-state index is 13.5. The molecule has 0 radical (unpaired) electrons. The summed E-state index contributed by atoms with van der Waals surface area (Å²) in [6.45, 7) is 7.23. The van der Waals surface area contributed by atoms with Crippen LogP contribution in [0.3, 0.4) is 0 Å². The van der Waals surface area contributed by atoms with Crippen LogP contribution in [-0.4, -0.2) is 36.1 Å². The lowest BCUT2D eigenvalue weighted by atomic mass is 9.94. The number of benzene rings is 2. The second-order valence-electron chi connectivity index (χ2n) is 8.63. The van der Waals surface area contributed by atoms with Gasteiger partial charge in [-0.2, -0.15) is 5.21 Å². The number of anilines is 1. The Hall–Kier alpha value is -3.81. The number of imidazole rings is 1. The molecule has 1 amide bonds. The summed E-state index contributed by atoms with van der Waals surface area (Å²) in [6.07, 6.45) is 3.19. The number of fused-ring (bicyclic) bond motifs is 2. The van der Waals surface area contributed by atoms with Gasteiger partial charge in [-0.25, -0.2) is 4.98 Å². The van der Waals surface area contributed by atoms with Crippen molar-refractivity contribution < 1.29 is 4.79 Å². The van der Waals surface area contributed by atoms with Crippen molar-refractivity contribution in [2.24, 2.45) is 0 Å². The Balaban J connectivity index is 1.43. The van der Waals surface area contributed by atoms with Crippen LogP contribution >= 0.6 is 0 Å². The summed E-state index contributed by atoms with van der Waals surface area (Å²) < 4.78 is 2.21. The molecular weight excluding hydrogens is 414 g/mol. The standard InChI is InChI=1S/C25H27N7O/c1-17(2)13-14-19-18-8-3-5-10-21(18)32(25(19)33)16-24-26-20-9-4-6-11-22(20)31(24)15-7-12-23-27-29-30-28-23/h3-6,8-11,19H,1,7,12-16H2,2H3,(H,27,28,29,30). The van der Waals surface area contributed by atoms with Crippen LogP contribution in [0.5, 0.6) is 0 Å². The average Bonchev–Trinajstić information content (AvgIpc) is 3.51. The molecule has 3 heterocycles. The first-order valence-corrected chi connectivity index (χ1v) is 11.3. The number of para-hydroxylation sites is 3. The fourth-order valence-corrected chi connectivity index (χ4v) is 4.62. The van der Waals surface area contributed by atoms with E-state index in [1.165, 1.54) is 0 Å². The van der Waals surface area contributed by atoms with Crippen LogP contribution in [0.15, 0.2) is 60.7 Å². The van der Waals surface area contributed by atoms with Crippen molar-refractivity contribution in [3.8, 4) is 0 Å². The monoisotopic (exact) mass is 441 g/mol. The Morgan fingerprint density at radius 3 is 2.79 bits per heavy atom. The van der Waals surface area contributed by atoms with Gasteiger partial charge in [0, 0.05) is 18.7 Å². The quantitative estimate of drug-likeness (QED) is 0.394. The number of H-pyrrole nitrogens is 1. The van der Waals surface area contributed by atoms with Gasteiger partial charge >= 0.3 is 0 Å². The molecule has 1 aliphatic heterocycles. The fourth-order valence-electron chi connectivity index (χ4n) is 4.62. The summed E-state index contributed by atoms with van der Waals surface area (Å²) in [5.74, 6) is 1.59. The molecule has 1 unspecified atom stereocenters. The van der Waals surface area contributed by atoms with Gasteiger partial charge in [0.15, 0.2) is 5.82 Å². The van der Waals surface area contributed by atoms with Crippen molar-refractivity contribution in [3.63, 3.8) is 0 Å². The van der Waals surface area contributed by atoms with Gasteiger partial charge < -0.3 is 9.47 Å². The van der Waals surface area contributed by atoms with Crippen molar-refractivity contribution in [1.29, 1.82) is 0 Å². The second kappa shape index (κ2) is 8.97. The maximum absolute atomic E-state index is 13.5. The van der Waals surface area contributed by atoms with Crippen LogP contribution in [0.25, 0.3) is 11.0 Å². The number of carbonyl (C=O) groups is 1. The van der Waals surface area contributed by atoms with E-state index in [-0.39, 0.29) is 11.8 Å². The molecule has 1 N–H and O–H groups in total. The molecule has 33 heavy (non-hydrogen) atoms. The van der Waals surface area contributed by atoms with E-state index in [2.05, 4.69) is 43.9 Å². The summed E-state index contributed by atoms with van der Waals surface area (Å²) in [4.78, 5) is 20.3. The van der Waals surface area contributed by atoms with E-state index < -0.39 is 0 Å². The predicted molar refractivity (Wildman–Crippen MR) is 127 cm³/mol. The number of amides is 1. The topological polar surface area (TPSA) is 92.6 Å². The van der Waals surface area contributed by atoms with E-state index in [4.69, 9.17) is 4.98 Å². The number of allylic oxidation sites excluding steroid dienone is 1. The van der Waals surface area contributed by atoms with Gasteiger partial charge in [-0.1, -0.05) is 41.1 Å². The van der Waals surface area contributed by atoms with E-state index >= 15 is 0 Å². The number of nitrogens with zero attached hydrogens (tertiary/aromatic N) is 6. The summed E-state index contributed by atoms with van der Waals surface area (Å²) in [5, 5.41) is 14.2. The second-order valence-corrected chi connectivity index (χ2v) is 8.63. The highest BCUT2D eigenvalue weighted by Gasteiger charge is 2.37. The van der Waals surface area contributed by atoms with E-state index in [0.29, 0.717) is 12.4 Å². The smallest absolute Gasteiger partial charge is 0.235 e. The molecule has 0 spiro atoms. The minimum atomic E-state index is -0.131. The number of carbonyl (C=O) groups excluding carboxylic acids is 1. The lowest BCUT2D eigenvalue weighted by molar-refractivity contribution is -0.119. The van der Waals surface area contributed by atoms with Crippen LogP contribution < -0.4 is 4.90 Å². The Kier molecular flexibility index (Phi) is 5.73. The minimum absolute atomic E-state index is 0.131.